The average Bonchev–Trinajstić information content (AvgIpc) is 2.24. The summed E-state index contributed by atoms with van der Waals surface area (Å²) in [7, 11) is 1.70. The van der Waals surface area contributed by atoms with Crippen LogP contribution in [0.25, 0.3) is 0 Å². The van der Waals surface area contributed by atoms with Crippen molar-refractivity contribution in [2.45, 2.75) is 66.3 Å². The second kappa shape index (κ2) is 11.9. The molecule has 0 aromatic carbocycles. The first-order chi connectivity index (χ1) is 6.33. The van der Waals surface area contributed by atoms with E-state index in [9.17, 15) is 0 Å². The van der Waals surface area contributed by atoms with E-state index in [1.54, 1.807) is 7.11 Å². The lowest BCUT2D eigenvalue weighted by Crippen LogP contribution is -2.26. The molecule has 1 heterocycles. The highest BCUT2D eigenvalue weighted by atomic mass is 16.7. The fraction of sp³-hybridized carbons (Fsp3) is 1.00. The molecular formula is C11H26O2. The molecule has 2 nitrogen and oxygen atoms in total. The molecule has 2 atom stereocenters. The summed E-state index contributed by atoms with van der Waals surface area (Å²) in [5, 5.41) is 0. The van der Waals surface area contributed by atoms with Crippen LogP contribution in [-0.2, 0) is 9.47 Å². The minimum Gasteiger partial charge on any atom is -0.356 e. The third-order valence-electron chi connectivity index (χ3n) is 1.70. The lowest BCUT2D eigenvalue weighted by atomic mass is 10.1. The zero-order chi connectivity index (χ0) is 10.7. The van der Waals surface area contributed by atoms with Gasteiger partial charge in [-0.25, -0.2) is 0 Å². The molecule has 0 aromatic heterocycles. The number of rotatable bonds is 1. The van der Waals surface area contributed by atoms with Crippen LogP contribution in [0.3, 0.4) is 0 Å². The van der Waals surface area contributed by atoms with E-state index >= 15 is 0 Å². The topological polar surface area (TPSA) is 18.5 Å². The Bertz CT molecular complexity index is 84.2. The molecule has 0 saturated carbocycles. The van der Waals surface area contributed by atoms with Crippen LogP contribution < -0.4 is 0 Å². The van der Waals surface area contributed by atoms with Gasteiger partial charge in [0.15, 0.2) is 6.29 Å². The van der Waals surface area contributed by atoms with Crippen molar-refractivity contribution in [3.63, 3.8) is 0 Å². The zero-order valence-electron chi connectivity index (χ0n) is 10.1. The third-order valence-corrected chi connectivity index (χ3v) is 1.70. The predicted molar refractivity (Wildman–Crippen MR) is 57.9 cm³/mol. The molecule has 2 unspecified atom stereocenters. The molecule has 82 valence electrons. The van der Waals surface area contributed by atoms with Crippen LogP contribution >= 0.6 is 0 Å². The Morgan fingerprint density at radius 2 is 1.62 bits per heavy atom. The van der Waals surface area contributed by atoms with Crippen molar-refractivity contribution < 1.29 is 9.47 Å². The summed E-state index contributed by atoms with van der Waals surface area (Å²) in [4.78, 5) is 0. The highest BCUT2D eigenvalue weighted by Crippen LogP contribution is 2.18. The van der Waals surface area contributed by atoms with Crippen LogP contribution in [0.1, 0.15) is 53.9 Å². The SMILES string of the molecule is CC.CC.COC1CCCC(C)O1. The Balaban J connectivity index is 0. The van der Waals surface area contributed by atoms with Crippen molar-refractivity contribution in [1.82, 2.24) is 0 Å². The van der Waals surface area contributed by atoms with Crippen LogP contribution in [-0.4, -0.2) is 19.5 Å². The number of methoxy groups -OCH3 is 1. The van der Waals surface area contributed by atoms with E-state index in [1.807, 2.05) is 27.7 Å². The maximum absolute atomic E-state index is 5.41. The Morgan fingerprint density at radius 1 is 1.08 bits per heavy atom. The van der Waals surface area contributed by atoms with E-state index in [2.05, 4.69) is 6.92 Å². The van der Waals surface area contributed by atoms with Crippen molar-refractivity contribution in [2.75, 3.05) is 7.11 Å². The minimum atomic E-state index is 0.0637. The monoisotopic (exact) mass is 190 g/mol. The molecule has 0 N–H and O–H groups in total. The summed E-state index contributed by atoms with van der Waals surface area (Å²) in [6, 6.07) is 0. The molecule has 0 bridgehead atoms. The standard InChI is InChI=1S/C7H14O2.2C2H6/c1-6-4-3-5-7(8-2)9-6;2*1-2/h6-7H,3-5H2,1-2H3;2*1-2H3. The third kappa shape index (κ3) is 8.26. The minimum absolute atomic E-state index is 0.0637. The number of hydrogen-bond acceptors (Lipinski definition) is 2. The van der Waals surface area contributed by atoms with Crippen LogP contribution in [0, 0.1) is 0 Å². The quantitative estimate of drug-likeness (QED) is 0.629. The van der Waals surface area contributed by atoms with Gasteiger partial charge in [0, 0.05) is 7.11 Å². The molecule has 1 saturated heterocycles. The first-order valence-corrected chi connectivity index (χ1v) is 5.51. The van der Waals surface area contributed by atoms with E-state index in [-0.39, 0.29) is 6.29 Å². The first kappa shape index (κ1) is 15.4. The summed E-state index contributed by atoms with van der Waals surface area (Å²) >= 11 is 0. The van der Waals surface area contributed by atoms with Gasteiger partial charge in [-0.3, -0.25) is 0 Å². The van der Waals surface area contributed by atoms with E-state index in [0.29, 0.717) is 6.10 Å². The molecule has 0 aliphatic carbocycles. The molecule has 1 aliphatic heterocycles. The van der Waals surface area contributed by atoms with Gasteiger partial charge in [-0.05, 0) is 26.2 Å². The van der Waals surface area contributed by atoms with Gasteiger partial charge in [0.05, 0.1) is 6.10 Å². The molecule has 0 amide bonds. The van der Waals surface area contributed by atoms with Gasteiger partial charge in [0.2, 0.25) is 0 Å². The van der Waals surface area contributed by atoms with Crippen molar-refractivity contribution in [2.24, 2.45) is 0 Å². The fourth-order valence-corrected chi connectivity index (χ4v) is 1.14. The van der Waals surface area contributed by atoms with Gasteiger partial charge < -0.3 is 9.47 Å². The Kier molecular flexibility index (Phi) is 14.1. The van der Waals surface area contributed by atoms with Crippen molar-refractivity contribution in [1.29, 1.82) is 0 Å². The summed E-state index contributed by atoms with van der Waals surface area (Å²) in [6.07, 6.45) is 3.93. The molecule has 0 spiro atoms. The van der Waals surface area contributed by atoms with Gasteiger partial charge in [-0.1, -0.05) is 27.7 Å². The largest absolute Gasteiger partial charge is 0.356 e. The van der Waals surface area contributed by atoms with Crippen molar-refractivity contribution in [3.05, 3.63) is 0 Å². The van der Waals surface area contributed by atoms with Gasteiger partial charge in [0.1, 0.15) is 0 Å². The Morgan fingerprint density at radius 3 is 1.92 bits per heavy atom. The number of ether oxygens (including phenoxy) is 2. The summed E-state index contributed by atoms with van der Waals surface area (Å²) < 4.78 is 10.5. The first-order valence-electron chi connectivity index (χ1n) is 5.51. The molecule has 2 heteroatoms. The second-order valence-corrected chi connectivity index (χ2v) is 2.54. The normalized spacial score (nSPS) is 26.3. The summed E-state index contributed by atoms with van der Waals surface area (Å²) in [5.74, 6) is 0. The maximum atomic E-state index is 5.41. The average molecular weight is 190 g/mol. The van der Waals surface area contributed by atoms with Crippen LogP contribution in [0.5, 0.6) is 0 Å². The molecule has 1 rings (SSSR count). The maximum Gasteiger partial charge on any atom is 0.157 e. The van der Waals surface area contributed by atoms with Crippen LogP contribution in [0.15, 0.2) is 0 Å². The Hall–Kier alpha value is -0.0800. The second-order valence-electron chi connectivity index (χ2n) is 2.54. The van der Waals surface area contributed by atoms with Crippen LogP contribution in [0.4, 0.5) is 0 Å². The smallest absolute Gasteiger partial charge is 0.157 e. The molecular weight excluding hydrogens is 164 g/mol. The summed E-state index contributed by atoms with van der Waals surface area (Å²) in [6.45, 7) is 10.1. The summed E-state index contributed by atoms with van der Waals surface area (Å²) in [5.41, 5.74) is 0. The lowest BCUT2D eigenvalue weighted by molar-refractivity contribution is -0.174. The Labute approximate surface area is 83.6 Å². The van der Waals surface area contributed by atoms with Crippen molar-refractivity contribution in [3.8, 4) is 0 Å². The van der Waals surface area contributed by atoms with Gasteiger partial charge in [-0.2, -0.15) is 0 Å². The van der Waals surface area contributed by atoms with E-state index in [4.69, 9.17) is 9.47 Å². The molecule has 0 radical (unpaired) electrons. The number of hydrogen-bond donors (Lipinski definition) is 0. The van der Waals surface area contributed by atoms with Gasteiger partial charge in [-0.15, -0.1) is 0 Å². The van der Waals surface area contributed by atoms with Gasteiger partial charge in [0.25, 0.3) is 0 Å². The van der Waals surface area contributed by atoms with E-state index in [1.165, 1.54) is 12.8 Å². The molecule has 1 aliphatic rings. The van der Waals surface area contributed by atoms with Crippen molar-refractivity contribution >= 4 is 0 Å². The highest BCUT2D eigenvalue weighted by Gasteiger charge is 2.17. The highest BCUT2D eigenvalue weighted by molar-refractivity contribution is 4.60. The van der Waals surface area contributed by atoms with Crippen LogP contribution in [0.2, 0.25) is 0 Å². The van der Waals surface area contributed by atoms with Gasteiger partial charge >= 0.3 is 0 Å². The van der Waals surface area contributed by atoms with E-state index < -0.39 is 0 Å². The van der Waals surface area contributed by atoms with E-state index in [0.717, 1.165) is 6.42 Å². The lowest BCUT2D eigenvalue weighted by Gasteiger charge is -2.26. The molecule has 13 heavy (non-hydrogen) atoms. The predicted octanol–water partition coefficient (Wildman–Crippen LogP) is 3.60. The fourth-order valence-electron chi connectivity index (χ4n) is 1.14. The zero-order valence-corrected chi connectivity index (χ0v) is 10.1. The molecule has 0 aromatic rings. The molecule has 1 fully saturated rings.